The number of fused-ring (bicyclic) bond motifs is 3. The average Bonchev–Trinajstić information content (AvgIpc) is 3.39. The second-order valence-corrected chi connectivity index (χ2v) is 9.47. The van der Waals surface area contributed by atoms with Crippen LogP contribution in [0.4, 0.5) is 4.39 Å². The van der Waals surface area contributed by atoms with Crippen LogP contribution in [0.5, 0.6) is 0 Å². The van der Waals surface area contributed by atoms with Gasteiger partial charge in [-0.25, -0.2) is 4.39 Å². The number of carbonyl (C=O) groups excluding carboxylic acids is 1. The van der Waals surface area contributed by atoms with Crippen molar-refractivity contribution in [3.05, 3.63) is 94.2 Å². The molecule has 2 aliphatic rings. The van der Waals surface area contributed by atoms with Gasteiger partial charge in [-0.2, -0.15) is 0 Å². The number of likely N-dealkylation sites (tertiary alicyclic amines) is 1. The van der Waals surface area contributed by atoms with E-state index in [1.54, 1.807) is 22.8 Å². The number of amides is 1. The minimum Gasteiger partial charge on any atom is -0.396 e. The van der Waals surface area contributed by atoms with Crippen molar-refractivity contribution in [3.8, 4) is 11.1 Å². The molecule has 3 aromatic rings. The van der Waals surface area contributed by atoms with Crippen LogP contribution in [0.25, 0.3) is 11.1 Å². The molecule has 2 aliphatic heterocycles. The van der Waals surface area contributed by atoms with Gasteiger partial charge in [-0.1, -0.05) is 49.4 Å². The van der Waals surface area contributed by atoms with Crippen molar-refractivity contribution in [2.75, 3.05) is 13.2 Å². The highest BCUT2D eigenvalue weighted by Crippen LogP contribution is 2.49. The number of likely N-dealkylation sites (N-methyl/N-ethyl adjacent to an activating group) is 1. The van der Waals surface area contributed by atoms with Gasteiger partial charge in [-0.3, -0.25) is 14.5 Å². The fourth-order valence-corrected chi connectivity index (χ4v) is 5.98. The third-order valence-corrected chi connectivity index (χ3v) is 7.62. The fraction of sp³-hybridized carbons (Fsp3) is 0.357. The molecule has 2 aromatic carbocycles. The molecule has 6 nitrogen and oxygen atoms in total. The molecule has 5 rings (SSSR count). The number of benzene rings is 2. The summed E-state index contributed by atoms with van der Waals surface area (Å²) in [4.78, 5) is 29.0. The number of halogens is 1. The highest BCUT2D eigenvalue weighted by atomic mass is 19.1. The molecule has 1 amide bonds. The first kappa shape index (κ1) is 23.5. The van der Waals surface area contributed by atoms with Crippen LogP contribution < -0.4 is 10.9 Å². The molecule has 182 valence electrons. The third kappa shape index (κ3) is 3.98. The molecule has 3 heterocycles. The Hall–Kier alpha value is -3.29. The Balaban J connectivity index is 1.46. The number of hydrogen-bond acceptors (Lipinski definition) is 4. The van der Waals surface area contributed by atoms with Crippen molar-refractivity contribution in [2.24, 2.45) is 11.8 Å². The number of carbonyl (C=O) groups is 1. The molecule has 1 fully saturated rings. The lowest BCUT2D eigenvalue weighted by Crippen LogP contribution is -2.48. The smallest absolute Gasteiger partial charge is 0.258 e. The standard InChI is InChI=1S/C28H30FN3O3/c1-3-31-25-22(23(16-33)26(31)27(34)30-17(2)18-8-5-4-6-9-18)15-32-24(25)13-12-21(28(32)35)19-10-7-11-20(29)14-19/h4-14,17,22-23,25-26,33H,3,15-16H2,1-2H3,(H,30,34)/t17-,22+,23+,25-,26+/m1/s1. The molecule has 2 N–H and O–H groups in total. The summed E-state index contributed by atoms with van der Waals surface area (Å²) < 4.78 is 15.5. The van der Waals surface area contributed by atoms with Crippen LogP contribution in [-0.4, -0.2) is 39.7 Å². The minimum absolute atomic E-state index is 0.0711. The van der Waals surface area contributed by atoms with E-state index in [1.165, 1.54) is 12.1 Å². The summed E-state index contributed by atoms with van der Waals surface area (Å²) in [6.07, 6.45) is 0. The Bertz CT molecular complexity index is 1290. The number of aliphatic hydroxyl groups excluding tert-OH is 1. The number of nitrogens with one attached hydrogen (secondary N) is 1. The van der Waals surface area contributed by atoms with E-state index in [0.717, 1.165) is 11.3 Å². The van der Waals surface area contributed by atoms with Crippen LogP contribution in [0.3, 0.4) is 0 Å². The van der Waals surface area contributed by atoms with Gasteiger partial charge in [0.2, 0.25) is 5.91 Å². The van der Waals surface area contributed by atoms with Crippen LogP contribution >= 0.6 is 0 Å². The summed E-state index contributed by atoms with van der Waals surface area (Å²) >= 11 is 0. The molecule has 1 aromatic heterocycles. The Morgan fingerprint density at radius 1 is 1.14 bits per heavy atom. The van der Waals surface area contributed by atoms with Gasteiger partial charge in [0.25, 0.3) is 5.56 Å². The number of aliphatic hydroxyl groups is 1. The molecule has 0 spiro atoms. The Morgan fingerprint density at radius 2 is 1.91 bits per heavy atom. The van der Waals surface area contributed by atoms with Crippen LogP contribution in [-0.2, 0) is 11.3 Å². The molecule has 35 heavy (non-hydrogen) atoms. The molecular formula is C28H30FN3O3. The Morgan fingerprint density at radius 3 is 2.60 bits per heavy atom. The summed E-state index contributed by atoms with van der Waals surface area (Å²) in [5.41, 5.74) is 2.67. The predicted molar refractivity (Wildman–Crippen MR) is 132 cm³/mol. The van der Waals surface area contributed by atoms with E-state index in [1.807, 2.05) is 50.2 Å². The Labute approximate surface area is 204 Å². The molecule has 0 radical (unpaired) electrons. The highest BCUT2D eigenvalue weighted by Gasteiger charge is 2.55. The van der Waals surface area contributed by atoms with Gasteiger partial charge < -0.3 is 15.0 Å². The van der Waals surface area contributed by atoms with Crippen LogP contribution in [0, 0.1) is 17.7 Å². The summed E-state index contributed by atoms with van der Waals surface area (Å²) in [5.74, 6) is -0.875. The van der Waals surface area contributed by atoms with E-state index in [-0.39, 0.29) is 47.8 Å². The van der Waals surface area contributed by atoms with Crippen molar-refractivity contribution in [2.45, 2.75) is 38.5 Å². The predicted octanol–water partition coefficient (Wildman–Crippen LogP) is 3.52. The van der Waals surface area contributed by atoms with E-state index >= 15 is 0 Å². The van der Waals surface area contributed by atoms with Gasteiger partial charge in [0, 0.05) is 36.2 Å². The first-order chi connectivity index (χ1) is 16.9. The normalized spacial score (nSPS) is 24.1. The quantitative estimate of drug-likeness (QED) is 0.572. The molecule has 0 saturated carbocycles. The largest absolute Gasteiger partial charge is 0.396 e. The molecule has 1 saturated heterocycles. The lowest BCUT2D eigenvalue weighted by Gasteiger charge is -2.30. The van der Waals surface area contributed by atoms with E-state index < -0.39 is 6.04 Å². The fourth-order valence-electron chi connectivity index (χ4n) is 5.98. The second-order valence-electron chi connectivity index (χ2n) is 9.47. The maximum Gasteiger partial charge on any atom is 0.258 e. The van der Waals surface area contributed by atoms with Crippen LogP contribution in [0.15, 0.2) is 71.5 Å². The summed E-state index contributed by atoms with van der Waals surface area (Å²) in [5, 5.41) is 13.5. The maximum atomic E-state index is 13.8. The molecule has 5 atom stereocenters. The maximum absolute atomic E-state index is 13.8. The van der Waals surface area contributed by atoms with E-state index in [0.29, 0.717) is 24.2 Å². The van der Waals surface area contributed by atoms with Gasteiger partial charge in [-0.15, -0.1) is 0 Å². The second kappa shape index (κ2) is 9.40. The van der Waals surface area contributed by atoms with Crippen molar-refractivity contribution in [1.29, 1.82) is 0 Å². The number of hydrogen-bond donors (Lipinski definition) is 2. The number of nitrogens with zero attached hydrogens (tertiary/aromatic N) is 2. The van der Waals surface area contributed by atoms with Crippen LogP contribution in [0.1, 0.15) is 37.2 Å². The van der Waals surface area contributed by atoms with Crippen molar-refractivity contribution < 1.29 is 14.3 Å². The Kier molecular flexibility index (Phi) is 6.30. The van der Waals surface area contributed by atoms with Gasteiger partial charge in [0.05, 0.1) is 18.1 Å². The highest BCUT2D eigenvalue weighted by molar-refractivity contribution is 5.83. The lowest BCUT2D eigenvalue weighted by molar-refractivity contribution is -0.128. The average molecular weight is 476 g/mol. The van der Waals surface area contributed by atoms with Gasteiger partial charge in [0.15, 0.2) is 0 Å². The van der Waals surface area contributed by atoms with Crippen molar-refractivity contribution in [1.82, 2.24) is 14.8 Å². The van der Waals surface area contributed by atoms with Crippen molar-refractivity contribution >= 4 is 5.91 Å². The third-order valence-electron chi connectivity index (χ3n) is 7.62. The summed E-state index contributed by atoms with van der Waals surface area (Å²) in [6.45, 7) is 4.83. The number of rotatable bonds is 6. The SMILES string of the molecule is CCN1[C@H](C(=O)N[C@H](C)c2ccccc2)[C@@H](CO)[C@@H]2Cn3c(ccc(-c4cccc(F)c4)c3=O)[C@@H]21. The van der Waals surface area contributed by atoms with Gasteiger partial charge >= 0.3 is 0 Å². The molecular weight excluding hydrogens is 445 g/mol. The van der Waals surface area contributed by atoms with Gasteiger partial charge in [0.1, 0.15) is 5.82 Å². The first-order valence-corrected chi connectivity index (χ1v) is 12.2. The molecule has 0 unspecified atom stereocenters. The van der Waals surface area contributed by atoms with Gasteiger partial charge in [-0.05, 0) is 48.9 Å². The zero-order chi connectivity index (χ0) is 24.7. The van der Waals surface area contributed by atoms with Crippen LogP contribution in [0.2, 0.25) is 0 Å². The monoisotopic (exact) mass is 475 g/mol. The minimum atomic E-state index is -0.488. The molecule has 7 heteroatoms. The zero-order valence-electron chi connectivity index (χ0n) is 19.9. The van der Waals surface area contributed by atoms with E-state index in [9.17, 15) is 19.1 Å². The van der Waals surface area contributed by atoms with E-state index in [2.05, 4.69) is 10.2 Å². The molecule has 0 aliphatic carbocycles. The summed E-state index contributed by atoms with van der Waals surface area (Å²) in [7, 11) is 0. The first-order valence-electron chi connectivity index (χ1n) is 12.2. The lowest BCUT2D eigenvalue weighted by atomic mass is 9.88. The zero-order valence-corrected chi connectivity index (χ0v) is 19.9. The summed E-state index contributed by atoms with van der Waals surface area (Å²) in [6, 6.07) is 18.7. The molecule has 0 bridgehead atoms. The van der Waals surface area contributed by atoms with Crippen molar-refractivity contribution in [3.63, 3.8) is 0 Å². The topological polar surface area (TPSA) is 74.6 Å². The number of pyridine rings is 1. The number of aromatic nitrogens is 1. The van der Waals surface area contributed by atoms with E-state index in [4.69, 9.17) is 0 Å².